The van der Waals surface area contributed by atoms with Gasteiger partial charge in [0.1, 0.15) is 23.9 Å². The summed E-state index contributed by atoms with van der Waals surface area (Å²) < 4.78 is 16.0. The van der Waals surface area contributed by atoms with Crippen LogP contribution in [0.1, 0.15) is 49.0 Å². The van der Waals surface area contributed by atoms with Gasteiger partial charge in [-0.15, -0.1) is 0 Å². The molecule has 0 spiro atoms. The number of ketones is 1. The second-order valence-corrected chi connectivity index (χ2v) is 9.13. The Balaban J connectivity index is 0.000000342. The smallest absolute Gasteiger partial charge is 0.336 e. The van der Waals surface area contributed by atoms with Crippen molar-refractivity contribution < 1.29 is 28.6 Å². The van der Waals surface area contributed by atoms with Crippen LogP contribution < -0.4 is 10.1 Å². The quantitative estimate of drug-likeness (QED) is 0.433. The predicted octanol–water partition coefficient (Wildman–Crippen LogP) is 5.70. The molecule has 2 N–H and O–H groups in total. The lowest BCUT2D eigenvalue weighted by Crippen LogP contribution is -2.31. The van der Waals surface area contributed by atoms with Gasteiger partial charge in [0, 0.05) is 35.7 Å². The zero-order valence-corrected chi connectivity index (χ0v) is 21.2. The van der Waals surface area contributed by atoms with Crippen LogP contribution in [-0.2, 0) is 20.9 Å². The number of hydrogen-bond acceptors (Lipinski definition) is 7. The van der Waals surface area contributed by atoms with Crippen LogP contribution >= 0.6 is 0 Å². The van der Waals surface area contributed by atoms with E-state index in [0.717, 1.165) is 28.3 Å². The highest BCUT2D eigenvalue weighted by molar-refractivity contribution is 6.01. The molecular formula is C30H31NO6. The number of phenols is 1. The number of nitrogens with one attached hydrogen (secondary N) is 1. The van der Waals surface area contributed by atoms with Crippen LogP contribution in [0.15, 0.2) is 93.9 Å². The number of hydrogen-bond donors (Lipinski definition) is 2. The first kappa shape index (κ1) is 25.8. The molecule has 2 aliphatic rings. The summed E-state index contributed by atoms with van der Waals surface area (Å²) in [4.78, 5) is 25.4. The highest BCUT2D eigenvalue weighted by Crippen LogP contribution is 2.41. The second kappa shape index (κ2) is 11.6. The Morgan fingerprint density at radius 2 is 1.89 bits per heavy atom. The zero-order valence-electron chi connectivity index (χ0n) is 21.2. The molecule has 0 fully saturated rings. The molecule has 1 aliphatic heterocycles. The molecule has 7 heteroatoms. The van der Waals surface area contributed by atoms with Crippen LogP contribution in [0.5, 0.6) is 11.5 Å². The molecule has 3 aromatic rings. The minimum atomic E-state index is -0.433. The number of benzene rings is 2. The van der Waals surface area contributed by atoms with E-state index in [1.54, 1.807) is 31.4 Å². The Morgan fingerprint density at radius 1 is 1.08 bits per heavy atom. The summed E-state index contributed by atoms with van der Waals surface area (Å²) in [5, 5.41) is 12.1. The first-order valence-corrected chi connectivity index (χ1v) is 12.2. The van der Waals surface area contributed by atoms with E-state index in [9.17, 15) is 9.59 Å². The van der Waals surface area contributed by atoms with Crippen LogP contribution in [0.2, 0.25) is 0 Å². The number of carbonyl (C=O) groups is 2. The van der Waals surface area contributed by atoms with E-state index in [4.69, 9.17) is 19.0 Å². The number of ether oxygens (including phenoxy) is 2. The van der Waals surface area contributed by atoms with Crippen LogP contribution in [0.25, 0.3) is 0 Å². The van der Waals surface area contributed by atoms with Gasteiger partial charge in [0.2, 0.25) is 0 Å². The third-order valence-corrected chi connectivity index (χ3v) is 6.48. The highest BCUT2D eigenvalue weighted by Gasteiger charge is 2.34. The van der Waals surface area contributed by atoms with Crippen LogP contribution in [0.3, 0.4) is 0 Å². The van der Waals surface area contributed by atoms with E-state index in [1.165, 1.54) is 6.26 Å². The standard InChI is InChI=1S/C23H23NO5.C7H8O/c1-14-18(23(26)29-13-16-6-5-9-28-16)12-19-20(24-14)10-15(11-21(19)25)17-7-3-4-8-22(17)27-2;1-6-3-2-4-7(8)5-6/h3-9,15,24H,10-13H2,1-2H3;2-5,8H,1H3/t15-;/m1./s1. The average molecular weight is 502 g/mol. The van der Waals surface area contributed by atoms with Gasteiger partial charge < -0.3 is 24.3 Å². The largest absolute Gasteiger partial charge is 0.508 e. The maximum absolute atomic E-state index is 12.9. The van der Waals surface area contributed by atoms with E-state index in [-0.39, 0.29) is 18.3 Å². The number of methoxy groups -OCH3 is 1. The Hall–Kier alpha value is -4.26. The zero-order chi connectivity index (χ0) is 26.4. The van der Waals surface area contributed by atoms with Crippen molar-refractivity contribution in [2.24, 2.45) is 0 Å². The van der Waals surface area contributed by atoms with Gasteiger partial charge in [-0.05, 0) is 61.7 Å². The fourth-order valence-corrected chi connectivity index (χ4v) is 4.60. The van der Waals surface area contributed by atoms with Crippen molar-refractivity contribution in [3.63, 3.8) is 0 Å². The lowest BCUT2D eigenvalue weighted by Gasteiger charge is -2.32. The number of phenolic OH excluding ortho intramolecular Hbond substituents is 1. The van der Waals surface area contributed by atoms with Crippen molar-refractivity contribution >= 4 is 11.8 Å². The molecule has 1 atom stereocenters. The van der Waals surface area contributed by atoms with Crippen molar-refractivity contribution in [2.45, 2.75) is 45.6 Å². The van der Waals surface area contributed by atoms with E-state index in [2.05, 4.69) is 5.32 Å². The van der Waals surface area contributed by atoms with Gasteiger partial charge in [0.15, 0.2) is 5.78 Å². The van der Waals surface area contributed by atoms with Gasteiger partial charge in [-0.3, -0.25) is 4.79 Å². The monoisotopic (exact) mass is 501 g/mol. The normalized spacial score (nSPS) is 16.8. The van der Waals surface area contributed by atoms with Crippen molar-refractivity contribution in [3.8, 4) is 11.5 Å². The molecule has 0 saturated carbocycles. The molecule has 192 valence electrons. The van der Waals surface area contributed by atoms with Crippen molar-refractivity contribution in [2.75, 3.05) is 7.11 Å². The number of aromatic hydroxyl groups is 1. The number of Topliss-reactive ketones (excluding diaryl/α,β-unsaturated/α-hetero) is 1. The Labute approximate surface area is 216 Å². The number of rotatable bonds is 5. The van der Waals surface area contributed by atoms with E-state index in [1.807, 2.05) is 50.2 Å². The Morgan fingerprint density at radius 3 is 2.57 bits per heavy atom. The fraction of sp³-hybridized carbons (Fsp3) is 0.267. The first-order chi connectivity index (χ1) is 17.9. The minimum Gasteiger partial charge on any atom is -0.508 e. The minimum absolute atomic E-state index is 0.0464. The number of dihydropyridines is 1. The van der Waals surface area contributed by atoms with Gasteiger partial charge in [0.25, 0.3) is 0 Å². The summed E-state index contributed by atoms with van der Waals surface area (Å²) >= 11 is 0. The molecule has 2 heterocycles. The second-order valence-electron chi connectivity index (χ2n) is 9.13. The maximum Gasteiger partial charge on any atom is 0.336 e. The van der Waals surface area contributed by atoms with Gasteiger partial charge >= 0.3 is 5.97 Å². The average Bonchev–Trinajstić information content (AvgIpc) is 3.41. The summed E-state index contributed by atoms with van der Waals surface area (Å²) in [5.41, 5.74) is 4.89. The first-order valence-electron chi connectivity index (χ1n) is 12.2. The molecule has 7 nitrogen and oxygen atoms in total. The molecule has 1 aliphatic carbocycles. The van der Waals surface area contributed by atoms with Crippen molar-refractivity contribution in [3.05, 3.63) is 106 Å². The van der Waals surface area contributed by atoms with Crippen LogP contribution in [0, 0.1) is 6.92 Å². The third-order valence-electron chi connectivity index (χ3n) is 6.48. The van der Waals surface area contributed by atoms with Crippen LogP contribution in [0.4, 0.5) is 0 Å². The highest BCUT2D eigenvalue weighted by atomic mass is 16.5. The topological polar surface area (TPSA) is 98.0 Å². The van der Waals surface area contributed by atoms with Gasteiger partial charge in [0.05, 0.1) is 18.9 Å². The number of allylic oxidation sites excluding steroid dienone is 3. The molecule has 37 heavy (non-hydrogen) atoms. The summed E-state index contributed by atoms with van der Waals surface area (Å²) in [6.45, 7) is 3.85. The number of aryl methyl sites for hydroxylation is 1. The fourth-order valence-electron chi connectivity index (χ4n) is 4.60. The molecule has 1 aromatic heterocycles. The number of esters is 1. The Bertz CT molecular complexity index is 1320. The summed E-state index contributed by atoms with van der Waals surface area (Å²) in [6, 6.07) is 18.4. The molecule has 0 saturated heterocycles. The number of para-hydroxylation sites is 1. The summed E-state index contributed by atoms with van der Waals surface area (Å²) in [5.74, 6) is 1.37. The van der Waals surface area contributed by atoms with Crippen LogP contribution in [-0.4, -0.2) is 24.0 Å². The van der Waals surface area contributed by atoms with Crippen molar-refractivity contribution in [1.29, 1.82) is 0 Å². The van der Waals surface area contributed by atoms with Crippen molar-refractivity contribution in [1.82, 2.24) is 5.32 Å². The Kier molecular flexibility index (Phi) is 8.13. The molecule has 0 unspecified atom stereocenters. The number of furan rings is 1. The molecule has 5 rings (SSSR count). The summed E-state index contributed by atoms with van der Waals surface area (Å²) in [7, 11) is 1.64. The van der Waals surface area contributed by atoms with Gasteiger partial charge in [-0.1, -0.05) is 30.3 Å². The molecular weight excluding hydrogens is 470 g/mol. The third kappa shape index (κ3) is 6.30. The summed E-state index contributed by atoms with van der Waals surface area (Å²) in [6.07, 6.45) is 2.93. The molecule has 2 aromatic carbocycles. The molecule has 0 bridgehead atoms. The maximum atomic E-state index is 12.9. The molecule has 0 radical (unpaired) electrons. The van der Waals surface area contributed by atoms with Gasteiger partial charge in [-0.2, -0.15) is 0 Å². The SMILES string of the molecule is COc1ccccc1[C@H]1CC(=O)C2=C(C1)NC(C)=C(C(=O)OCc1ccco1)C2.Cc1cccc(O)c1. The molecule has 0 amide bonds. The van der Waals surface area contributed by atoms with E-state index < -0.39 is 5.97 Å². The predicted molar refractivity (Wildman–Crippen MR) is 139 cm³/mol. The van der Waals surface area contributed by atoms with E-state index in [0.29, 0.717) is 41.9 Å². The van der Waals surface area contributed by atoms with Gasteiger partial charge in [-0.25, -0.2) is 4.79 Å². The lowest BCUT2D eigenvalue weighted by molar-refractivity contribution is -0.141. The van der Waals surface area contributed by atoms with E-state index >= 15 is 0 Å². The lowest BCUT2D eigenvalue weighted by atomic mass is 9.78. The number of carbonyl (C=O) groups excluding carboxylic acids is 2.